The highest BCUT2D eigenvalue weighted by Gasteiger charge is 2.29. The van der Waals surface area contributed by atoms with Gasteiger partial charge in [0.1, 0.15) is 11.4 Å². The summed E-state index contributed by atoms with van der Waals surface area (Å²) in [6, 6.07) is 6.22. The lowest BCUT2D eigenvalue weighted by molar-refractivity contribution is 0.0635. The Morgan fingerprint density at radius 3 is 2.57 bits per heavy atom. The second-order valence-corrected chi connectivity index (χ2v) is 7.04. The topological polar surface area (TPSA) is 59.6 Å². The molecule has 5 heteroatoms. The average molecular weight is 320 g/mol. The smallest absolute Gasteiger partial charge is 0.412 e. The molecule has 1 saturated carbocycles. The fraction of sp³-hybridized carbons (Fsp3) is 0.611. The third-order valence-electron chi connectivity index (χ3n) is 3.82. The Morgan fingerprint density at radius 2 is 2.04 bits per heavy atom. The molecule has 0 saturated heterocycles. The Morgan fingerprint density at radius 1 is 1.35 bits per heavy atom. The van der Waals surface area contributed by atoms with Crippen LogP contribution in [0, 0.1) is 5.92 Å². The fourth-order valence-electron chi connectivity index (χ4n) is 2.56. The van der Waals surface area contributed by atoms with Gasteiger partial charge < -0.3 is 14.8 Å². The van der Waals surface area contributed by atoms with Gasteiger partial charge in [0.05, 0.1) is 12.8 Å². The van der Waals surface area contributed by atoms with Crippen LogP contribution in [0.1, 0.15) is 47.0 Å². The maximum absolute atomic E-state index is 11.9. The van der Waals surface area contributed by atoms with Crippen molar-refractivity contribution in [2.45, 2.75) is 58.6 Å². The number of benzene rings is 1. The van der Waals surface area contributed by atoms with Gasteiger partial charge in [-0.05, 0) is 58.1 Å². The fourth-order valence-corrected chi connectivity index (χ4v) is 2.56. The van der Waals surface area contributed by atoms with E-state index >= 15 is 0 Å². The number of carbonyl (C=O) groups is 1. The van der Waals surface area contributed by atoms with E-state index in [9.17, 15) is 4.79 Å². The van der Waals surface area contributed by atoms with Crippen molar-refractivity contribution in [3.05, 3.63) is 18.2 Å². The summed E-state index contributed by atoms with van der Waals surface area (Å²) in [6.45, 7) is 7.70. The molecular formula is C18H28N2O3. The van der Waals surface area contributed by atoms with Crippen LogP contribution in [0.4, 0.5) is 16.2 Å². The average Bonchev–Trinajstić information content (AvgIpc) is 3.28. The van der Waals surface area contributed by atoms with Gasteiger partial charge >= 0.3 is 6.09 Å². The largest absolute Gasteiger partial charge is 0.494 e. The molecule has 0 heterocycles. The van der Waals surface area contributed by atoms with Gasteiger partial charge in [0.2, 0.25) is 0 Å². The molecule has 1 aromatic carbocycles. The van der Waals surface area contributed by atoms with Crippen LogP contribution in [0.2, 0.25) is 0 Å². The predicted molar refractivity (Wildman–Crippen MR) is 93.3 cm³/mol. The summed E-state index contributed by atoms with van der Waals surface area (Å²) in [5, 5.41) is 6.29. The molecule has 0 aromatic heterocycles. The number of carbonyl (C=O) groups excluding carboxylic acids is 1. The van der Waals surface area contributed by atoms with Crippen molar-refractivity contribution in [3.8, 4) is 5.75 Å². The van der Waals surface area contributed by atoms with Crippen LogP contribution < -0.4 is 15.4 Å². The second kappa shape index (κ2) is 7.11. The first-order chi connectivity index (χ1) is 10.8. The third-order valence-corrected chi connectivity index (χ3v) is 3.82. The first kappa shape index (κ1) is 17.4. The summed E-state index contributed by atoms with van der Waals surface area (Å²) >= 11 is 0. The van der Waals surface area contributed by atoms with Gasteiger partial charge in [-0.3, -0.25) is 5.32 Å². The monoisotopic (exact) mass is 320 g/mol. The first-order valence-corrected chi connectivity index (χ1v) is 8.27. The summed E-state index contributed by atoms with van der Waals surface area (Å²) < 4.78 is 10.7. The molecule has 0 spiro atoms. The number of hydrogen-bond acceptors (Lipinski definition) is 4. The molecule has 1 amide bonds. The zero-order valence-corrected chi connectivity index (χ0v) is 14.7. The van der Waals surface area contributed by atoms with E-state index in [1.165, 1.54) is 12.8 Å². The number of nitrogens with one attached hydrogen (secondary N) is 2. The van der Waals surface area contributed by atoms with E-state index in [1.54, 1.807) is 7.11 Å². The van der Waals surface area contributed by atoms with Gasteiger partial charge in [-0.2, -0.15) is 0 Å². The van der Waals surface area contributed by atoms with E-state index in [-0.39, 0.29) is 0 Å². The zero-order valence-electron chi connectivity index (χ0n) is 14.7. The molecule has 128 valence electrons. The highest BCUT2D eigenvalue weighted by molar-refractivity contribution is 5.87. The molecule has 1 atom stereocenters. The van der Waals surface area contributed by atoms with Crippen LogP contribution in [0.25, 0.3) is 0 Å². The summed E-state index contributed by atoms with van der Waals surface area (Å²) in [7, 11) is 1.59. The van der Waals surface area contributed by atoms with Crippen molar-refractivity contribution < 1.29 is 14.3 Å². The predicted octanol–water partition coefficient (Wildman–Crippen LogP) is 4.64. The normalized spacial score (nSPS) is 15.7. The van der Waals surface area contributed by atoms with Crippen LogP contribution in [0.3, 0.4) is 0 Å². The first-order valence-electron chi connectivity index (χ1n) is 8.27. The molecular weight excluding hydrogens is 292 g/mol. The lowest BCUT2D eigenvalue weighted by atomic mass is 10.1. The van der Waals surface area contributed by atoms with E-state index in [2.05, 4.69) is 17.6 Å². The van der Waals surface area contributed by atoms with Crippen LogP contribution in [0.5, 0.6) is 5.75 Å². The van der Waals surface area contributed by atoms with E-state index in [0.717, 1.165) is 18.0 Å². The zero-order chi connectivity index (χ0) is 17.0. The number of ether oxygens (including phenoxy) is 2. The van der Waals surface area contributed by atoms with Crippen molar-refractivity contribution >= 4 is 17.5 Å². The van der Waals surface area contributed by atoms with Crippen molar-refractivity contribution in [1.29, 1.82) is 0 Å². The summed E-state index contributed by atoms with van der Waals surface area (Å²) in [6.07, 6.45) is 3.23. The van der Waals surface area contributed by atoms with Crippen molar-refractivity contribution in [2.24, 2.45) is 5.92 Å². The highest BCUT2D eigenvalue weighted by Crippen LogP contribution is 2.36. The van der Waals surface area contributed by atoms with Crippen LogP contribution in [-0.2, 0) is 4.74 Å². The van der Waals surface area contributed by atoms with Gasteiger partial charge in [-0.1, -0.05) is 6.92 Å². The lowest BCUT2D eigenvalue weighted by Crippen LogP contribution is -2.27. The minimum Gasteiger partial charge on any atom is -0.494 e. The van der Waals surface area contributed by atoms with Crippen molar-refractivity contribution in [2.75, 3.05) is 17.7 Å². The van der Waals surface area contributed by atoms with E-state index in [1.807, 2.05) is 39.0 Å². The summed E-state index contributed by atoms with van der Waals surface area (Å²) in [5.74, 6) is 1.40. The summed E-state index contributed by atoms with van der Waals surface area (Å²) in [4.78, 5) is 11.9. The number of anilines is 2. The van der Waals surface area contributed by atoms with Crippen molar-refractivity contribution in [1.82, 2.24) is 0 Å². The Hall–Kier alpha value is -1.91. The number of rotatable bonds is 6. The Bertz CT molecular complexity index is 548. The molecule has 23 heavy (non-hydrogen) atoms. The molecule has 0 radical (unpaired) electrons. The molecule has 1 aliphatic carbocycles. The van der Waals surface area contributed by atoms with E-state index in [0.29, 0.717) is 17.5 Å². The maximum Gasteiger partial charge on any atom is 0.412 e. The molecule has 1 fully saturated rings. The number of hydrogen-bond donors (Lipinski definition) is 2. The van der Waals surface area contributed by atoms with Gasteiger partial charge in [0.15, 0.2) is 0 Å². The van der Waals surface area contributed by atoms with Gasteiger partial charge in [0, 0.05) is 17.8 Å². The minimum atomic E-state index is -0.530. The molecule has 1 unspecified atom stereocenters. The molecule has 5 nitrogen and oxygen atoms in total. The van der Waals surface area contributed by atoms with Crippen LogP contribution >= 0.6 is 0 Å². The highest BCUT2D eigenvalue weighted by atomic mass is 16.6. The number of methoxy groups -OCH3 is 1. The number of amides is 1. The molecule has 2 N–H and O–H groups in total. The lowest BCUT2D eigenvalue weighted by Gasteiger charge is -2.21. The maximum atomic E-state index is 11.9. The Kier molecular flexibility index (Phi) is 5.39. The van der Waals surface area contributed by atoms with Crippen LogP contribution in [-0.4, -0.2) is 24.8 Å². The van der Waals surface area contributed by atoms with E-state index < -0.39 is 11.7 Å². The molecule has 1 aliphatic rings. The van der Waals surface area contributed by atoms with Gasteiger partial charge in [-0.15, -0.1) is 0 Å². The van der Waals surface area contributed by atoms with Gasteiger partial charge in [-0.25, -0.2) is 4.79 Å². The Balaban J connectivity index is 2.05. The molecule has 2 rings (SSSR count). The van der Waals surface area contributed by atoms with Crippen molar-refractivity contribution in [3.63, 3.8) is 0 Å². The molecule has 1 aromatic rings. The molecule has 0 aliphatic heterocycles. The standard InChI is InChI=1S/C18H28N2O3/c1-6-14(12-7-8-12)19-13-9-10-15(16(11-13)22-5)20-17(21)23-18(2,3)4/h9-12,14,19H,6-8H2,1-5H3,(H,20,21). The van der Waals surface area contributed by atoms with Crippen LogP contribution in [0.15, 0.2) is 18.2 Å². The summed E-state index contributed by atoms with van der Waals surface area (Å²) in [5.41, 5.74) is 1.08. The second-order valence-electron chi connectivity index (χ2n) is 7.04. The third kappa shape index (κ3) is 5.34. The minimum absolute atomic E-state index is 0.485. The van der Waals surface area contributed by atoms with Gasteiger partial charge in [0.25, 0.3) is 0 Å². The van der Waals surface area contributed by atoms with E-state index in [4.69, 9.17) is 9.47 Å². The quantitative estimate of drug-likeness (QED) is 0.801. The Labute approximate surface area is 138 Å². The SMILES string of the molecule is CCC(Nc1ccc(NC(=O)OC(C)(C)C)c(OC)c1)C1CC1. The molecule has 0 bridgehead atoms.